The van der Waals surface area contributed by atoms with Crippen LogP contribution in [0.15, 0.2) is 42.7 Å². The number of carbonyl (C=O) groups excluding carboxylic acids is 4. The van der Waals surface area contributed by atoms with E-state index in [1.807, 2.05) is 53.4 Å². The van der Waals surface area contributed by atoms with Crippen molar-refractivity contribution in [1.29, 1.82) is 0 Å². The average Bonchev–Trinajstić information content (AvgIpc) is 3.45. The molecule has 5 rings (SSSR count). The van der Waals surface area contributed by atoms with Gasteiger partial charge in [0.25, 0.3) is 0 Å². The van der Waals surface area contributed by atoms with Gasteiger partial charge in [-0.3, -0.25) is 29.5 Å². The van der Waals surface area contributed by atoms with Gasteiger partial charge in [0.15, 0.2) is 0 Å². The fourth-order valence-corrected chi connectivity index (χ4v) is 6.16. The van der Waals surface area contributed by atoms with Gasteiger partial charge in [0.1, 0.15) is 12.4 Å². The van der Waals surface area contributed by atoms with Gasteiger partial charge in [-0.05, 0) is 49.4 Å². The summed E-state index contributed by atoms with van der Waals surface area (Å²) in [4.78, 5) is 55.6. The Balaban J connectivity index is 0.000000309. The molecule has 4 amide bonds. The van der Waals surface area contributed by atoms with E-state index in [4.69, 9.17) is 4.74 Å². The van der Waals surface area contributed by atoms with E-state index in [0.29, 0.717) is 38.0 Å². The molecule has 10 heteroatoms. The van der Waals surface area contributed by atoms with E-state index in [1.54, 1.807) is 13.1 Å². The molecule has 1 aromatic heterocycles. The Hall–Kier alpha value is -3.95. The highest BCUT2D eigenvalue weighted by atomic mass is 16.5. The third-order valence-electron chi connectivity index (χ3n) is 8.92. The Bertz CT molecular complexity index is 1260. The lowest BCUT2D eigenvalue weighted by atomic mass is 9.90. The number of likely N-dealkylation sites (N-methyl/N-ethyl adjacent to an activating group) is 1. The topological polar surface area (TPSA) is 112 Å². The second-order valence-corrected chi connectivity index (χ2v) is 12.0. The molecule has 0 saturated carbocycles. The normalized spacial score (nSPS) is 19.9. The predicted octanol–water partition coefficient (Wildman–Crippen LogP) is 4.25. The molecule has 1 N–H and O–H groups in total. The van der Waals surface area contributed by atoms with Gasteiger partial charge in [0.2, 0.25) is 24.1 Å². The molecule has 3 aliphatic heterocycles. The molecule has 10 nitrogen and oxygen atoms in total. The van der Waals surface area contributed by atoms with Gasteiger partial charge in [-0.2, -0.15) is 0 Å². The lowest BCUT2D eigenvalue weighted by Gasteiger charge is -2.40. The van der Waals surface area contributed by atoms with Crippen molar-refractivity contribution in [2.75, 3.05) is 44.7 Å². The summed E-state index contributed by atoms with van der Waals surface area (Å²) in [6, 6.07) is 10.1. The molecular formula is C34H47N5O5. The summed E-state index contributed by atoms with van der Waals surface area (Å²) in [6.07, 6.45) is 13.1. The Morgan fingerprint density at radius 1 is 1.14 bits per heavy atom. The van der Waals surface area contributed by atoms with Gasteiger partial charge in [-0.15, -0.1) is 0 Å². The van der Waals surface area contributed by atoms with Gasteiger partial charge in [-0.1, -0.05) is 38.3 Å². The van der Waals surface area contributed by atoms with E-state index in [-0.39, 0.29) is 23.6 Å². The van der Waals surface area contributed by atoms with Crippen molar-refractivity contribution in [3.8, 4) is 5.75 Å². The standard InChI is InChI=1S/C24H28N4O4.C10H19NO/c1-16(29)28-14-18(15-28)21-13-25-10-9-22(21)27(2)11-12-32-19-5-3-17(4-6-19)20-7-8-23(30)26-24(20)31;1-2-3-4-6-10-7-5-8-11(10)9-12/h3-6,9-10,13,18,20H,7-8,11-12,14-15H2,1-2H3,(H,26,30,31);9-10H,2-8H2,1H3. The number of imide groups is 1. The SMILES string of the molecule is CC(=O)N1CC(c2cnccc2N(C)CCOc2ccc(C3CCC(=O)NC3=O)cc2)C1.CCCCCC1CCCN1C=O. The summed E-state index contributed by atoms with van der Waals surface area (Å²) in [5, 5.41) is 2.39. The maximum absolute atomic E-state index is 12.0. The molecule has 2 aromatic rings. The number of anilines is 1. The number of benzene rings is 1. The number of likely N-dealkylation sites (tertiary alicyclic amines) is 2. The van der Waals surface area contributed by atoms with Gasteiger partial charge in [-0.25, -0.2) is 0 Å². The number of nitrogens with one attached hydrogen (secondary N) is 1. The Morgan fingerprint density at radius 3 is 2.59 bits per heavy atom. The van der Waals surface area contributed by atoms with Crippen molar-refractivity contribution >= 4 is 29.8 Å². The van der Waals surface area contributed by atoms with Gasteiger partial charge < -0.3 is 19.4 Å². The molecule has 238 valence electrons. The first-order chi connectivity index (χ1) is 21.3. The van der Waals surface area contributed by atoms with Crippen LogP contribution in [0.5, 0.6) is 5.75 Å². The van der Waals surface area contributed by atoms with Crippen molar-refractivity contribution in [3.05, 3.63) is 53.9 Å². The van der Waals surface area contributed by atoms with E-state index >= 15 is 0 Å². The summed E-state index contributed by atoms with van der Waals surface area (Å²) in [5.41, 5.74) is 3.15. The van der Waals surface area contributed by atoms with Crippen LogP contribution in [0.1, 0.15) is 88.2 Å². The van der Waals surface area contributed by atoms with Gasteiger partial charge >= 0.3 is 0 Å². The number of carbonyl (C=O) groups is 4. The Kier molecular flexibility index (Phi) is 12.1. The van der Waals surface area contributed by atoms with Crippen molar-refractivity contribution in [2.45, 2.75) is 83.1 Å². The molecule has 0 bridgehead atoms. The van der Waals surface area contributed by atoms with Crippen LogP contribution in [-0.4, -0.2) is 84.8 Å². The summed E-state index contributed by atoms with van der Waals surface area (Å²) in [6.45, 7) is 7.46. The van der Waals surface area contributed by atoms with Crippen molar-refractivity contribution in [2.24, 2.45) is 0 Å². The molecule has 0 spiro atoms. The molecule has 44 heavy (non-hydrogen) atoms. The second kappa shape index (κ2) is 16.2. The first-order valence-corrected chi connectivity index (χ1v) is 16.0. The zero-order valence-corrected chi connectivity index (χ0v) is 26.4. The Morgan fingerprint density at radius 2 is 1.91 bits per heavy atom. The van der Waals surface area contributed by atoms with Crippen LogP contribution in [0.3, 0.4) is 0 Å². The predicted molar refractivity (Wildman–Crippen MR) is 169 cm³/mol. The number of unbranched alkanes of at least 4 members (excludes halogenated alkanes) is 2. The number of ether oxygens (including phenoxy) is 1. The molecule has 3 fully saturated rings. The maximum Gasteiger partial charge on any atom is 0.234 e. The molecule has 4 heterocycles. The van der Waals surface area contributed by atoms with E-state index in [9.17, 15) is 19.2 Å². The van der Waals surface area contributed by atoms with E-state index in [2.05, 4.69) is 22.1 Å². The van der Waals surface area contributed by atoms with E-state index in [0.717, 1.165) is 48.6 Å². The first-order valence-electron chi connectivity index (χ1n) is 16.0. The van der Waals surface area contributed by atoms with Crippen molar-refractivity contribution < 1.29 is 23.9 Å². The van der Waals surface area contributed by atoms with Gasteiger partial charge in [0, 0.05) is 75.6 Å². The third kappa shape index (κ3) is 8.80. The zero-order valence-electron chi connectivity index (χ0n) is 26.4. The number of rotatable bonds is 12. The summed E-state index contributed by atoms with van der Waals surface area (Å²) >= 11 is 0. The molecule has 2 unspecified atom stereocenters. The number of amides is 4. The van der Waals surface area contributed by atoms with Crippen LogP contribution < -0.4 is 15.0 Å². The van der Waals surface area contributed by atoms with Crippen LogP contribution in [0.4, 0.5) is 5.69 Å². The minimum atomic E-state index is -0.288. The number of hydrogen-bond acceptors (Lipinski definition) is 7. The molecule has 0 aliphatic carbocycles. The molecule has 0 radical (unpaired) electrons. The highest BCUT2D eigenvalue weighted by Crippen LogP contribution is 2.33. The molecule has 2 atom stereocenters. The average molecular weight is 606 g/mol. The molecule has 3 aliphatic rings. The number of pyridine rings is 1. The number of hydrogen-bond donors (Lipinski definition) is 1. The van der Waals surface area contributed by atoms with Crippen LogP contribution in [0.25, 0.3) is 0 Å². The quantitative estimate of drug-likeness (QED) is 0.219. The highest BCUT2D eigenvalue weighted by molar-refractivity contribution is 6.00. The molecular weight excluding hydrogens is 558 g/mol. The minimum absolute atomic E-state index is 0.108. The minimum Gasteiger partial charge on any atom is -0.492 e. The smallest absolute Gasteiger partial charge is 0.234 e. The number of aromatic nitrogens is 1. The van der Waals surface area contributed by atoms with E-state index in [1.165, 1.54) is 38.5 Å². The number of piperidine rings is 1. The number of nitrogens with zero attached hydrogens (tertiary/aromatic N) is 4. The highest BCUT2D eigenvalue weighted by Gasteiger charge is 2.32. The van der Waals surface area contributed by atoms with Gasteiger partial charge in [0.05, 0.1) is 12.5 Å². The summed E-state index contributed by atoms with van der Waals surface area (Å²) in [5.74, 6) is 0.426. The fourth-order valence-electron chi connectivity index (χ4n) is 6.16. The van der Waals surface area contributed by atoms with Crippen LogP contribution in [0.2, 0.25) is 0 Å². The molecule has 1 aromatic carbocycles. The van der Waals surface area contributed by atoms with E-state index < -0.39 is 0 Å². The second-order valence-electron chi connectivity index (χ2n) is 12.0. The monoisotopic (exact) mass is 605 g/mol. The summed E-state index contributed by atoms with van der Waals surface area (Å²) < 4.78 is 5.91. The van der Waals surface area contributed by atoms with Crippen LogP contribution in [-0.2, 0) is 19.2 Å². The van der Waals surface area contributed by atoms with Crippen molar-refractivity contribution in [3.63, 3.8) is 0 Å². The van der Waals surface area contributed by atoms with Crippen LogP contribution in [0, 0.1) is 0 Å². The maximum atomic E-state index is 12.0. The fraction of sp³-hybridized carbons (Fsp3) is 0.559. The lowest BCUT2D eigenvalue weighted by molar-refractivity contribution is -0.135. The largest absolute Gasteiger partial charge is 0.492 e. The zero-order chi connectivity index (χ0) is 31.5. The first kappa shape index (κ1) is 33.0. The van der Waals surface area contributed by atoms with Crippen molar-refractivity contribution in [1.82, 2.24) is 20.1 Å². The third-order valence-corrected chi connectivity index (χ3v) is 8.92. The summed E-state index contributed by atoms with van der Waals surface area (Å²) in [7, 11) is 2.02. The molecule has 3 saturated heterocycles. The lowest BCUT2D eigenvalue weighted by Crippen LogP contribution is -2.47. The van der Waals surface area contributed by atoms with Crippen LogP contribution >= 0.6 is 0 Å². The Labute approximate surface area is 261 Å².